The zero-order valence-corrected chi connectivity index (χ0v) is 21.0. The van der Waals surface area contributed by atoms with Crippen LogP contribution in [0.25, 0.3) is 0 Å². The van der Waals surface area contributed by atoms with Crippen LogP contribution in [0.2, 0.25) is 0 Å². The van der Waals surface area contributed by atoms with Crippen LogP contribution in [-0.4, -0.2) is 72.8 Å². The van der Waals surface area contributed by atoms with Gasteiger partial charge in [0.1, 0.15) is 6.54 Å². The van der Waals surface area contributed by atoms with Crippen LogP contribution in [0.15, 0.2) is 18.2 Å². The molecule has 1 saturated carbocycles. The summed E-state index contributed by atoms with van der Waals surface area (Å²) >= 11 is 0. The van der Waals surface area contributed by atoms with Crippen molar-refractivity contribution in [1.29, 1.82) is 0 Å². The molecular formula is C27H37N3O5. The van der Waals surface area contributed by atoms with Gasteiger partial charge in [0.15, 0.2) is 0 Å². The number of fused-ring (bicyclic) bond motifs is 1. The Morgan fingerprint density at radius 3 is 2.29 bits per heavy atom. The van der Waals surface area contributed by atoms with Gasteiger partial charge in [0.25, 0.3) is 11.8 Å². The molecule has 0 radical (unpaired) electrons. The monoisotopic (exact) mass is 483 g/mol. The minimum absolute atomic E-state index is 0.0196. The van der Waals surface area contributed by atoms with Gasteiger partial charge in [-0.3, -0.25) is 24.1 Å². The predicted octanol–water partition coefficient (Wildman–Crippen LogP) is 3.63. The van der Waals surface area contributed by atoms with Gasteiger partial charge < -0.3 is 14.5 Å². The first kappa shape index (κ1) is 25.2. The molecule has 8 heteroatoms. The van der Waals surface area contributed by atoms with Gasteiger partial charge in [0, 0.05) is 32.1 Å². The molecular weight excluding hydrogens is 446 g/mol. The molecule has 1 aliphatic carbocycles. The summed E-state index contributed by atoms with van der Waals surface area (Å²) < 4.78 is 4.95. The van der Waals surface area contributed by atoms with Crippen LogP contribution < -0.4 is 4.90 Å². The summed E-state index contributed by atoms with van der Waals surface area (Å²) in [6.45, 7) is 3.22. The third kappa shape index (κ3) is 5.36. The first-order chi connectivity index (χ1) is 16.9. The molecule has 1 saturated heterocycles. The lowest BCUT2D eigenvalue weighted by Gasteiger charge is -2.35. The molecule has 0 bridgehead atoms. The summed E-state index contributed by atoms with van der Waals surface area (Å²) in [4.78, 5) is 56.5. The van der Waals surface area contributed by atoms with Gasteiger partial charge in [-0.05, 0) is 44.7 Å². The second-order valence-corrected chi connectivity index (χ2v) is 9.94. The number of benzene rings is 1. The summed E-state index contributed by atoms with van der Waals surface area (Å²) in [5, 5.41) is 0. The molecule has 4 rings (SSSR count). The molecule has 0 unspecified atom stereocenters. The van der Waals surface area contributed by atoms with E-state index in [1.807, 2.05) is 12.1 Å². The molecule has 1 aromatic rings. The number of hydrogen-bond acceptors (Lipinski definition) is 6. The van der Waals surface area contributed by atoms with Gasteiger partial charge in [-0.15, -0.1) is 0 Å². The van der Waals surface area contributed by atoms with E-state index in [4.69, 9.17) is 4.74 Å². The zero-order chi connectivity index (χ0) is 24.9. The quantitative estimate of drug-likeness (QED) is 0.454. The molecule has 3 aliphatic rings. The minimum atomic E-state index is -0.405. The van der Waals surface area contributed by atoms with Crippen LogP contribution in [0.1, 0.15) is 85.4 Å². The third-order valence-corrected chi connectivity index (χ3v) is 7.60. The van der Waals surface area contributed by atoms with Crippen molar-refractivity contribution in [2.24, 2.45) is 5.92 Å². The molecule has 3 amide bonds. The Morgan fingerprint density at radius 1 is 0.971 bits per heavy atom. The van der Waals surface area contributed by atoms with Crippen LogP contribution in [0.3, 0.4) is 0 Å². The highest BCUT2D eigenvalue weighted by Gasteiger charge is 2.42. The van der Waals surface area contributed by atoms with E-state index >= 15 is 0 Å². The number of rotatable bonds is 6. The van der Waals surface area contributed by atoms with E-state index in [0.717, 1.165) is 44.2 Å². The number of carbonyl (C=O) groups excluding carboxylic acids is 4. The Balaban J connectivity index is 1.44. The largest absolute Gasteiger partial charge is 0.465 e. The molecule has 0 spiro atoms. The second-order valence-electron chi connectivity index (χ2n) is 9.94. The molecule has 2 heterocycles. The van der Waals surface area contributed by atoms with E-state index in [1.54, 1.807) is 20.0 Å². The van der Waals surface area contributed by atoms with Crippen molar-refractivity contribution in [3.8, 4) is 0 Å². The zero-order valence-electron chi connectivity index (χ0n) is 21.0. The number of piperidine rings is 1. The maximum atomic E-state index is 13.6. The smallest absolute Gasteiger partial charge is 0.325 e. The van der Waals surface area contributed by atoms with Gasteiger partial charge in [0.2, 0.25) is 5.91 Å². The molecule has 0 aromatic heterocycles. The summed E-state index contributed by atoms with van der Waals surface area (Å²) in [7, 11) is 1.63. The lowest BCUT2D eigenvalue weighted by atomic mass is 9.94. The highest BCUT2D eigenvalue weighted by Crippen LogP contribution is 2.36. The van der Waals surface area contributed by atoms with E-state index in [9.17, 15) is 19.2 Å². The number of imide groups is 1. The molecule has 2 aliphatic heterocycles. The van der Waals surface area contributed by atoms with Crippen LogP contribution in [0.5, 0.6) is 0 Å². The van der Waals surface area contributed by atoms with E-state index in [1.165, 1.54) is 16.2 Å². The van der Waals surface area contributed by atoms with E-state index in [2.05, 4.69) is 4.90 Å². The van der Waals surface area contributed by atoms with Crippen LogP contribution in [0, 0.1) is 5.92 Å². The lowest BCUT2D eigenvalue weighted by molar-refractivity contribution is -0.149. The summed E-state index contributed by atoms with van der Waals surface area (Å²) in [6, 6.07) is 5.52. The molecule has 0 atom stereocenters. The maximum Gasteiger partial charge on any atom is 0.325 e. The first-order valence-electron chi connectivity index (χ1n) is 13.1. The van der Waals surface area contributed by atoms with Crippen molar-refractivity contribution in [2.75, 3.05) is 38.2 Å². The Kier molecular flexibility index (Phi) is 8.08. The van der Waals surface area contributed by atoms with E-state index in [-0.39, 0.29) is 36.2 Å². The average Bonchev–Trinajstić information content (AvgIpc) is 3.09. The predicted molar refractivity (Wildman–Crippen MR) is 132 cm³/mol. The van der Waals surface area contributed by atoms with Crippen molar-refractivity contribution in [2.45, 2.75) is 70.8 Å². The molecule has 8 nitrogen and oxygen atoms in total. The number of hydrogen-bond donors (Lipinski definition) is 0. The Bertz CT molecular complexity index is 962. The van der Waals surface area contributed by atoms with Crippen LogP contribution >= 0.6 is 0 Å². The summed E-state index contributed by atoms with van der Waals surface area (Å²) in [5.41, 5.74) is 1.81. The van der Waals surface area contributed by atoms with E-state index < -0.39 is 5.97 Å². The fourth-order valence-electron chi connectivity index (χ4n) is 5.73. The number of anilines is 1. The molecule has 35 heavy (non-hydrogen) atoms. The highest BCUT2D eigenvalue weighted by atomic mass is 16.5. The number of ether oxygens (including phenoxy) is 1. The highest BCUT2D eigenvalue weighted by molar-refractivity contribution is 6.24. The fourth-order valence-corrected chi connectivity index (χ4v) is 5.73. The Labute approximate surface area is 207 Å². The van der Waals surface area contributed by atoms with Gasteiger partial charge in [0.05, 0.1) is 23.4 Å². The van der Waals surface area contributed by atoms with Gasteiger partial charge in [-0.25, -0.2) is 0 Å². The number of likely N-dealkylation sites (N-methyl/N-ethyl adjacent to an activating group) is 1. The maximum absolute atomic E-state index is 13.6. The van der Waals surface area contributed by atoms with Crippen molar-refractivity contribution >= 4 is 29.4 Å². The van der Waals surface area contributed by atoms with Crippen molar-refractivity contribution < 1.29 is 23.9 Å². The number of esters is 1. The van der Waals surface area contributed by atoms with Crippen molar-refractivity contribution in [3.05, 3.63) is 29.3 Å². The van der Waals surface area contributed by atoms with E-state index in [0.29, 0.717) is 43.7 Å². The normalized spacial score (nSPS) is 19.8. The van der Waals surface area contributed by atoms with Gasteiger partial charge in [-0.2, -0.15) is 0 Å². The summed E-state index contributed by atoms with van der Waals surface area (Å²) in [5.74, 6) is -0.969. The van der Waals surface area contributed by atoms with Gasteiger partial charge in [-0.1, -0.05) is 38.2 Å². The van der Waals surface area contributed by atoms with Crippen molar-refractivity contribution in [3.63, 3.8) is 0 Å². The Morgan fingerprint density at radius 2 is 1.63 bits per heavy atom. The SMILES string of the molecule is CCOC(=O)CN(C)C(=O)C1CCN(c2cccc3c2C(=O)N(C2CCCCCCC2)C3=O)CC1. The molecule has 190 valence electrons. The minimum Gasteiger partial charge on any atom is -0.465 e. The number of amides is 3. The summed E-state index contributed by atoms with van der Waals surface area (Å²) in [6.07, 6.45) is 8.68. The third-order valence-electron chi connectivity index (χ3n) is 7.60. The molecule has 2 fully saturated rings. The molecule has 1 aromatic carbocycles. The second kappa shape index (κ2) is 11.2. The average molecular weight is 484 g/mol. The standard InChI is InChI=1S/C27H37N3O5/c1-3-35-23(31)18-28(2)25(32)19-14-16-29(17-15-19)22-13-9-12-21-24(22)27(34)30(26(21)33)20-10-7-5-4-6-8-11-20/h9,12-13,19-20H,3-8,10-11,14-18H2,1-2H3. The lowest BCUT2D eigenvalue weighted by Crippen LogP contribution is -2.43. The number of carbonyl (C=O) groups is 4. The van der Waals surface area contributed by atoms with Crippen LogP contribution in [0.4, 0.5) is 5.69 Å². The molecule has 0 N–H and O–H groups in total. The Hall–Kier alpha value is -2.90. The first-order valence-corrected chi connectivity index (χ1v) is 13.1. The fraction of sp³-hybridized carbons (Fsp3) is 0.630. The topological polar surface area (TPSA) is 87.2 Å². The van der Waals surface area contributed by atoms with Crippen molar-refractivity contribution in [1.82, 2.24) is 9.80 Å². The number of nitrogens with zero attached hydrogens (tertiary/aromatic N) is 3. The van der Waals surface area contributed by atoms with Gasteiger partial charge >= 0.3 is 5.97 Å². The van der Waals surface area contributed by atoms with Crippen LogP contribution in [-0.2, 0) is 14.3 Å².